The van der Waals surface area contributed by atoms with Crippen molar-refractivity contribution in [2.24, 2.45) is 11.3 Å². The van der Waals surface area contributed by atoms with Gasteiger partial charge in [0.25, 0.3) is 0 Å². The van der Waals surface area contributed by atoms with E-state index in [0.29, 0.717) is 12.8 Å². The van der Waals surface area contributed by atoms with Crippen LogP contribution in [0.3, 0.4) is 0 Å². The summed E-state index contributed by atoms with van der Waals surface area (Å²) >= 11 is 2.21. The second kappa shape index (κ2) is 7.05. The van der Waals surface area contributed by atoms with E-state index < -0.39 is 57.9 Å². The van der Waals surface area contributed by atoms with Gasteiger partial charge in [-0.15, -0.1) is 0 Å². The second-order valence-corrected chi connectivity index (χ2v) is 10.6. The van der Waals surface area contributed by atoms with Crippen LogP contribution in [0.4, 0.5) is 18.9 Å². The number of rotatable bonds is 3. The highest BCUT2D eigenvalue weighted by Crippen LogP contribution is 2.72. The first kappa shape index (κ1) is 22.9. The van der Waals surface area contributed by atoms with Crippen molar-refractivity contribution in [3.8, 4) is 6.07 Å². The summed E-state index contributed by atoms with van der Waals surface area (Å²) in [6.45, 7) is 4.03. The highest BCUT2D eigenvalue weighted by molar-refractivity contribution is 14.1. The fraction of sp³-hybridized carbons (Fsp3) is 0.591. The van der Waals surface area contributed by atoms with E-state index in [1.54, 1.807) is 19.9 Å². The predicted molar refractivity (Wildman–Crippen MR) is 117 cm³/mol. The molecular weight excluding hydrogens is 554 g/mol. The molecular formula is C22H21F3IN3O4. The number of fused-ring (bicyclic) bond motifs is 2. The number of carbonyl (C=O) groups excluding carboxylic acids is 2. The van der Waals surface area contributed by atoms with Gasteiger partial charge in [-0.2, -0.15) is 18.4 Å². The molecule has 4 aliphatic heterocycles. The summed E-state index contributed by atoms with van der Waals surface area (Å²) in [5, 5.41) is 11.9. The molecule has 4 fully saturated rings. The topological polar surface area (TPSA) is 91.7 Å². The van der Waals surface area contributed by atoms with Crippen LogP contribution in [0.15, 0.2) is 18.2 Å². The van der Waals surface area contributed by atoms with Gasteiger partial charge in [0.05, 0.1) is 35.3 Å². The molecule has 1 N–H and O–H groups in total. The monoisotopic (exact) mass is 575 g/mol. The maximum Gasteiger partial charge on any atom is 0.417 e. The molecule has 1 aromatic carbocycles. The molecule has 4 saturated heterocycles. The summed E-state index contributed by atoms with van der Waals surface area (Å²) < 4.78 is 53.3. The Morgan fingerprint density at radius 2 is 2.15 bits per heavy atom. The van der Waals surface area contributed by atoms with Crippen LogP contribution in [0, 0.1) is 22.7 Å². The standard InChI is InChI=1S/C22H21F3IN3O4/c1-3-28-17(30)21-15-16(32-7-6-20(15)9-14(26)19(21,2)33-20)29(18(21)31)12-5-4-11(10-27)13(8-12)22(23,24)25/h4-5,8,14-16H,3,6-7,9H2,1-2H3,(H,28,30)/t14?,15?,16?,19?,20?,21-/m0/s1. The number of nitrogens with one attached hydrogen (secondary N) is 1. The van der Waals surface area contributed by atoms with Crippen molar-refractivity contribution in [1.82, 2.24) is 5.32 Å². The van der Waals surface area contributed by atoms with Crippen LogP contribution in [0.5, 0.6) is 0 Å². The molecule has 1 aromatic rings. The Bertz CT molecular complexity index is 1110. The van der Waals surface area contributed by atoms with E-state index in [4.69, 9.17) is 14.7 Å². The number of nitriles is 1. The Balaban J connectivity index is 1.72. The van der Waals surface area contributed by atoms with Crippen LogP contribution < -0.4 is 10.2 Å². The van der Waals surface area contributed by atoms with Crippen LogP contribution in [0.2, 0.25) is 0 Å². The number of nitrogens with zero attached hydrogens (tertiary/aromatic N) is 2. The van der Waals surface area contributed by atoms with Gasteiger partial charge in [-0.1, -0.05) is 22.6 Å². The average molecular weight is 575 g/mol. The van der Waals surface area contributed by atoms with Gasteiger partial charge in [0.1, 0.15) is 11.8 Å². The van der Waals surface area contributed by atoms with E-state index in [1.165, 1.54) is 11.0 Å². The Hall–Kier alpha value is -1.91. The number of alkyl halides is 4. The van der Waals surface area contributed by atoms with Crippen molar-refractivity contribution >= 4 is 40.1 Å². The zero-order chi connectivity index (χ0) is 24.0. The lowest BCUT2D eigenvalue weighted by Gasteiger charge is -2.45. The number of anilines is 1. The quantitative estimate of drug-likeness (QED) is 0.340. The van der Waals surface area contributed by atoms with Crippen molar-refractivity contribution < 1.29 is 32.2 Å². The van der Waals surface area contributed by atoms with Crippen LogP contribution in [-0.4, -0.2) is 46.3 Å². The fourth-order valence-corrected chi connectivity index (χ4v) is 7.76. The van der Waals surface area contributed by atoms with Crippen molar-refractivity contribution in [3.05, 3.63) is 29.3 Å². The van der Waals surface area contributed by atoms with E-state index in [0.717, 1.165) is 12.1 Å². The van der Waals surface area contributed by atoms with Gasteiger partial charge >= 0.3 is 6.18 Å². The first-order valence-electron chi connectivity index (χ1n) is 10.7. The SMILES string of the molecule is CCNC(=O)[C@@]12C(=O)N(c3ccc(C#N)c(C(F)(F)F)c3)C3OCCC4(CC(I)C1(C)O4)C32. The van der Waals surface area contributed by atoms with Crippen molar-refractivity contribution in [1.29, 1.82) is 5.26 Å². The normalized spacial score (nSPS) is 38.9. The molecule has 33 heavy (non-hydrogen) atoms. The lowest BCUT2D eigenvalue weighted by Crippen LogP contribution is -2.65. The first-order chi connectivity index (χ1) is 15.5. The molecule has 0 aliphatic carbocycles. The van der Waals surface area contributed by atoms with Crippen molar-refractivity contribution in [2.75, 3.05) is 18.1 Å². The maximum atomic E-state index is 14.2. The molecule has 1 spiro atoms. The summed E-state index contributed by atoms with van der Waals surface area (Å²) in [4.78, 5) is 29.0. The smallest absolute Gasteiger partial charge is 0.365 e. The molecule has 176 valence electrons. The average Bonchev–Trinajstić information content (AvgIpc) is 3.27. The molecule has 5 unspecified atom stereocenters. The number of benzene rings is 1. The van der Waals surface area contributed by atoms with Gasteiger partial charge in [0, 0.05) is 22.6 Å². The zero-order valence-electron chi connectivity index (χ0n) is 17.8. The highest BCUT2D eigenvalue weighted by Gasteiger charge is 2.87. The molecule has 7 nitrogen and oxygen atoms in total. The van der Waals surface area contributed by atoms with Crippen LogP contribution in [0.1, 0.15) is 37.8 Å². The van der Waals surface area contributed by atoms with E-state index in [9.17, 15) is 22.8 Å². The lowest BCUT2D eigenvalue weighted by molar-refractivity contribution is -0.151. The van der Waals surface area contributed by atoms with Crippen LogP contribution in [-0.2, 0) is 25.2 Å². The lowest BCUT2D eigenvalue weighted by atomic mass is 9.56. The molecule has 0 saturated carbocycles. The molecule has 2 amide bonds. The number of amides is 2. The summed E-state index contributed by atoms with van der Waals surface area (Å²) in [6.07, 6.45) is -4.62. The third-order valence-electron chi connectivity index (χ3n) is 7.67. The van der Waals surface area contributed by atoms with Gasteiger partial charge < -0.3 is 14.8 Å². The first-order valence-corrected chi connectivity index (χ1v) is 11.9. The number of carbonyl (C=O) groups is 2. The second-order valence-electron chi connectivity index (χ2n) is 9.12. The Labute approximate surface area is 201 Å². The Morgan fingerprint density at radius 3 is 2.79 bits per heavy atom. The Morgan fingerprint density at radius 1 is 1.42 bits per heavy atom. The minimum Gasteiger partial charge on any atom is -0.365 e. The molecule has 4 heterocycles. The number of halogens is 4. The number of ether oxygens (including phenoxy) is 2. The highest BCUT2D eigenvalue weighted by atomic mass is 127. The minimum absolute atomic E-state index is 0.0561. The minimum atomic E-state index is -4.78. The van der Waals surface area contributed by atoms with Gasteiger partial charge in [0.2, 0.25) is 11.8 Å². The molecule has 11 heteroatoms. The summed E-state index contributed by atoms with van der Waals surface area (Å²) in [6, 6.07) is 4.69. The third kappa shape index (κ3) is 2.63. The van der Waals surface area contributed by atoms with Gasteiger partial charge in [-0.3, -0.25) is 14.5 Å². The molecule has 4 aliphatic rings. The van der Waals surface area contributed by atoms with Gasteiger partial charge in [-0.25, -0.2) is 0 Å². The number of hydrogen-bond donors (Lipinski definition) is 1. The summed E-state index contributed by atoms with van der Waals surface area (Å²) in [5.41, 5.74) is -5.29. The van der Waals surface area contributed by atoms with Crippen LogP contribution >= 0.6 is 22.6 Å². The van der Waals surface area contributed by atoms with Crippen molar-refractivity contribution in [2.45, 2.75) is 54.2 Å². The largest absolute Gasteiger partial charge is 0.417 e. The van der Waals surface area contributed by atoms with Crippen LogP contribution in [0.25, 0.3) is 0 Å². The van der Waals surface area contributed by atoms with Gasteiger partial charge in [-0.05, 0) is 38.5 Å². The van der Waals surface area contributed by atoms with Crippen molar-refractivity contribution in [3.63, 3.8) is 0 Å². The zero-order valence-corrected chi connectivity index (χ0v) is 20.0. The molecule has 5 rings (SSSR count). The number of hydrogen-bond acceptors (Lipinski definition) is 5. The molecule has 2 bridgehead atoms. The molecule has 0 radical (unpaired) electrons. The maximum absolute atomic E-state index is 14.2. The predicted octanol–water partition coefficient (Wildman–Crippen LogP) is 3.14. The summed E-state index contributed by atoms with van der Waals surface area (Å²) in [7, 11) is 0. The van der Waals surface area contributed by atoms with Gasteiger partial charge in [0.15, 0.2) is 5.41 Å². The summed E-state index contributed by atoms with van der Waals surface area (Å²) in [5.74, 6) is -1.79. The molecule has 6 atom stereocenters. The van der Waals surface area contributed by atoms with E-state index in [1.807, 2.05) is 0 Å². The van der Waals surface area contributed by atoms with E-state index in [2.05, 4.69) is 27.9 Å². The molecule has 0 aromatic heterocycles. The van der Waals surface area contributed by atoms with E-state index >= 15 is 0 Å². The fourth-order valence-electron chi connectivity index (χ4n) is 6.39. The Kier molecular flexibility index (Phi) is 4.89. The third-order valence-corrected chi connectivity index (χ3v) is 9.30. The van der Waals surface area contributed by atoms with E-state index in [-0.39, 0.29) is 22.8 Å².